The van der Waals surface area contributed by atoms with E-state index in [0.717, 1.165) is 6.42 Å². The molecule has 0 saturated heterocycles. The maximum atomic E-state index is 11.1. The Labute approximate surface area is 214 Å². The van der Waals surface area contributed by atoms with E-state index in [0.29, 0.717) is 23.2 Å². The van der Waals surface area contributed by atoms with Gasteiger partial charge in [-0.1, -0.05) is 0 Å². The summed E-state index contributed by atoms with van der Waals surface area (Å²) in [7, 11) is -1.93. The Morgan fingerprint density at radius 3 is 1.48 bits per heavy atom. The molecule has 0 amide bonds. The summed E-state index contributed by atoms with van der Waals surface area (Å²) < 4.78 is 13.2. The van der Waals surface area contributed by atoms with Gasteiger partial charge in [-0.2, -0.15) is 0 Å². The van der Waals surface area contributed by atoms with Gasteiger partial charge in [-0.25, -0.2) is 0 Å². The fourth-order valence-electron chi connectivity index (χ4n) is 6.32. The molecule has 0 unspecified atom stereocenters. The molecule has 4 heteroatoms. The molecule has 33 heavy (non-hydrogen) atoms. The average molecular weight is 590 g/mol. The summed E-state index contributed by atoms with van der Waals surface area (Å²) in [5.74, 6) is 0.138. The second-order valence-corrected chi connectivity index (χ2v) is 31.0. The third kappa shape index (κ3) is 9.92. The van der Waals surface area contributed by atoms with E-state index in [1.54, 1.807) is 3.59 Å². The standard InChI is InChI=1S/C17H35O2Si.3C4H9.Sn/c1-9-11-16(17(18)10-2)12-19-20(13(3)4,14(5)6)15(7)8;3*1-3-4-2;/h11,13-18H,10,12H2,1-8H3;3*1,3-4H2,2H3;/t16-,17-;;;;/m0..../s1. The van der Waals surface area contributed by atoms with Crippen molar-refractivity contribution in [2.45, 2.75) is 157 Å². The molecule has 0 aliphatic carbocycles. The first kappa shape index (κ1) is 33.7. The molecule has 2 atom stereocenters. The SMILES string of the molecule is CCC[CH2][Sn]([CH2]CCC)([CH2]CCC)/[C](C)=C/[C@@H](CO[Si](C(C)C)(C(C)C)C(C)C)[C@@H](O)CC. The van der Waals surface area contributed by atoms with Crippen LogP contribution in [0.15, 0.2) is 9.67 Å². The molecular formula is C29H62O2SiSn. The zero-order chi connectivity index (χ0) is 25.7. The van der Waals surface area contributed by atoms with Crippen LogP contribution in [0, 0.1) is 5.92 Å². The van der Waals surface area contributed by atoms with Gasteiger partial charge in [0.2, 0.25) is 0 Å². The van der Waals surface area contributed by atoms with Crippen molar-refractivity contribution in [1.29, 1.82) is 0 Å². The Morgan fingerprint density at radius 1 is 0.788 bits per heavy atom. The minimum atomic E-state index is -2.44. The summed E-state index contributed by atoms with van der Waals surface area (Å²) in [6.07, 6.45) is 11.1. The normalized spacial score (nSPS) is 15.7. The van der Waals surface area contributed by atoms with E-state index >= 15 is 0 Å². The Bertz CT molecular complexity index is 486. The predicted molar refractivity (Wildman–Crippen MR) is 155 cm³/mol. The minimum absolute atomic E-state index is 0.138. The Balaban J connectivity index is 6.14. The number of allylic oxidation sites excluding steroid dienone is 1. The van der Waals surface area contributed by atoms with Crippen LogP contribution < -0.4 is 0 Å². The van der Waals surface area contributed by atoms with E-state index in [4.69, 9.17) is 4.43 Å². The number of unbranched alkanes of at least 4 members (excludes halogenated alkanes) is 3. The molecule has 0 saturated carbocycles. The molecule has 0 aromatic rings. The van der Waals surface area contributed by atoms with Crippen LogP contribution in [0.4, 0.5) is 0 Å². The Hall–Kier alpha value is 0.676. The summed E-state index contributed by atoms with van der Waals surface area (Å²) in [6.45, 7) is 26.5. The summed E-state index contributed by atoms with van der Waals surface area (Å²) in [6, 6.07) is 0. The first-order chi connectivity index (χ1) is 15.5. The van der Waals surface area contributed by atoms with Crippen molar-refractivity contribution in [3.05, 3.63) is 9.67 Å². The van der Waals surface area contributed by atoms with Gasteiger partial charge in [-0.15, -0.1) is 0 Å². The first-order valence-electron chi connectivity index (χ1n) is 14.5. The third-order valence-corrected chi connectivity index (χ3v) is 31.0. The van der Waals surface area contributed by atoms with Gasteiger partial charge < -0.3 is 0 Å². The topological polar surface area (TPSA) is 29.5 Å². The van der Waals surface area contributed by atoms with E-state index in [2.05, 4.69) is 82.2 Å². The number of aliphatic hydroxyl groups is 1. The van der Waals surface area contributed by atoms with Crippen molar-refractivity contribution in [2.75, 3.05) is 6.61 Å². The van der Waals surface area contributed by atoms with Gasteiger partial charge >= 0.3 is 216 Å². The number of aliphatic hydroxyl groups excluding tert-OH is 1. The van der Waals surface area contributed by atoms with Crippen LogP contribution >= 0.6 is 0 Å². The van der Waals surface area contributed by atoms with Crippen LogP contribution in [-0.2, 0) is 4.43 Å². The van der Waals surface area contributed by atoms with Crippen LogP contribution in [0.1, 0.15) is 121 Å². The molecule has 1 N–H and O–H groups in total. The van der Waals surface area contributed by atoms with Gasteiger partial charge in [-0.05, 0) is 0 Å². The molecule has 0 aliphatic heterocycles. The molecule has 0 heterocycles. The van der Waals surface area contributed by atoms with Gasteiger partial charge in [0.05, 0.1) is 0 Å². The fraction of sp³-hybridized carbons (Fsp3) is 0.931. The summed E-state index contributed by atoms with van der Waals surface area (Å²) in [4.78, 5) is 0. The van der Waals surface area contributed by atoms with E-state index in [1.165, 1.54) is 51.8 Å². The molecule has 0 bridgehead atoms. The van der Waals surface area contributed by atoms with E-state index in [-0.39, 0.29) is 12.0 Å². The molecule has 0 aromatic heterocycles. The van der Waals surface area contributed by atoms with E-state index in [1.807, 2.05) is 0 Å². The van der Waals surface area contributed by atoms with Crippen molar-refractivity contribution in [1.82, 2.24) is 0 Å². The molecule has 0 radical (unpaired) electrons. The van der Waals surface area contributed by atoms with Gasteiger partial charge in [0.25, 0.3) is 0 Å². The number of rotatable bonds is 19. The van der Waals surface area contributed by atoms with Crippen molar-refractivity contribution < 1.29 is 9.53 Å². The van der Waals surface area contributed by atoms with Crippen LogP contribution in [0.3, 0.4) is 0 Å². The first-order valence-corrected chi connectivity index (χ1v) is 24.1. The maximum absolute atomic E-state index is 11.1. The monoisotopic (exact) mass is 590 g/mol. The van der Waals surface area contributed by atoms with Crippen LogP contribution in [0.5, 0.6) is 0 Å². The fourth-order valence-corrected chi connectivity index (χ4v) is 27.8. The Morgan fingerprint density at radius 2 is 1.18 bits per heavy atom. The van der Waals surface area contributed by atoms with Gasteiger partial charge in [0.15, 0.2) is 0 Å². The van der Waals surface area contributed by atoms with Crippen molar-refractivity contribution in [3.8, 4) is 0 Å². The number of hydrogen-bond donors (Lipinski definition) is 1. The predicted octanol–water partition coefficient (Wildman–Crippen LogP) is 9.90. The summed E-state index contributed by atoms with van der Waals surface area (Å²) in [5, 5.41) is 11.1. The number of hydrogen-bond acceptors (Lipinski definition) is 2. The van der Waals surface area contributed by atoms with Crippen LogP contribution in [0.25, 0.3) is 0 Å². The van der Waals surface area contributed by atoms with Crippen molar-refractivity contribution in [2.24, 2.45) is 5.92 Å². The average Bonchev–Trinajstić information content (AvgIpc) is 2.76. The molecule has 2 nitrogen and oxygen atoms in total. The van der Waals surface area contributed by atoms with Crippen LogP contribution in [0.2, 0.25) is 29.9 Å². The Kier molecular flexibility index (Phi) is 17.5. The third-order valence-electron chi connectivity index (χ3n) is 8.47. The quantitative estimate of drug-likeness (QED) is 0.152. The molecule has 0 aromatic carbocycles. The molecule has 198 valence electrons. The van der Waals surface area contributed by atoms with Crippen LogP contribution in [-0.4, -0.2) is 44.5 Å². The van der Waals surface area contributed by atoms with Crippen molar-refractivity contribution in [3.63, 3.8) is 0 Å². The van der Waals surface area contributed by atoms with Gasteiger partial charge in [0, 0.05) is 0 Å². The van der Waals surface area contributed by atoms with E-state index < -0.39 is 26.7 Å². The van der Waals surface area contributed by atoms with E-state index in [9.17, 15) is 5.11 Å². The van der Waals surface area contributed by atoms with Crippen molar-refractivity contribution >= 4 is 26.7 Å². The molecule has 0 rings (SSSR count). The second-order valence-electron chi connectivity index (χ2n) is 11.7. The zero-order valence-electron chi connectivity index (χ0n) is 24.6. The summed E-state index contributed by atoms with van der Waals surface area (Å²) >= 11 is -2.44. The molecule has 0 fully saturated rings. The molecule has 0 spiro atoms. The summed E-state index contributed by atoms with van der Waals surface area (Å²) in [5.41, 5.74) is 1.75. The zero-order valence-corrected chi connectivity index (χ0v) is 28.5. The van der Waals surface area contributed by atoms with Gasteiger partial charge in [0.1, 0.15) is 0 Å². The second kappa shape index (κ2) is 17.2. The van der Waals surface area contributed by atoms with Gasteiger partial charge in [-0.3, -0.25) is 0 Å². The molecule has 0 aliphatic rings. The molecular weight excluding hydrogens is 527 g/mol.